The number of benzene rings is 1. The van der Waals surface area contributed by atoms with Crippen molar-refractivity contribution in [2.75, 3.05) is 31.1 Å². The Morgan fingerprint density at radius 2 is 1.77 bits per heavy atom. The third-order valence-corrected chi connectivity index (χ3v) is 5.54. The molecule has 1 aliphatic heterocycles. The molecule has 0 spiro atoms. The fraction of sp³-hybridized carbons (Fsp3) is 0.529. The van der Waals surface area contributed by atoms with E-state index < -0.39 is 0 Å². The van der Waals surface area contributed by atoms with E-state index in [0.29, 0.717) is 0 Å². The number of anilines is 1. The topological polar surface area (TPSA) is 36.4 Å². The van der Waals surface area contributed by atoms with Crippen LogP contribution in [0.5, 0.6) is 0 Å². The Morgan fingerprint density at radius 3 is 2.36 bits per heavy atom. The molecule has 1 fully saturated rings. The van der Waals surface area contributed by atoms with E-state index in [1.54, 1.807) is 11.3 Å². The van der Waals surface area contributed by atoms with Crippen LogP contribution < -0.4 is 4.90 Å². The molecule has 0 N–H and O–H groups in total. The molecular weight excluding hydrogens is 294 g/mol. The fourth-order valence-electron chi connectivity index (χ4n) is 2.87. The van der Waals surface area contributed by atoms with Gasteiger partial charge in [-0.3, -0.25) is 4.79 Å². The molecule has 4 nitrogen and oxygen atoms in total. The van der Waals surface area contributed by atoms with Gasteiger partial charge in [0.25, 0.3) is 0 Å². The number of amides is 1. The van der Waals surface area contributed by atoms with Gasteiger partial charge in [-0.2, -0.15) is 0 Å². The number of carbonyl (C=O) groups excluding carboxylic acids is 1. The largest absolute Gasteiger partial charge is 0.345 e. The van der Waals surface area contributed by atoms with Crippen LogP contribution in [-0.4, -0.2) is 42.0 Å². The van der Waals surface area contributed by atoms with Gasteiger partial charge in [-0.05, 0) is 25.0 Å². The van der Waals surface area contributed by atoms with Crippen molar-refractivity contribution < 1.29 is 4.79 Å². The summed E-state index contributed by atoms with van der Waals surface area (Å²) in [7, 11) is 0. The molecule has 0 aliphatic carbocycles. The lowest BCUT2D eigenvalue weighted by Gasteiger charge is -2.35. The highest BCUT2D eigenvalue weighted by Crippen LogP contribution is 2.33. The highest BCUT2D eigenvalue weighted by atomic mass is 32.1. The first-order valence-electron chi connectivity index (χ1n) is 7.88. The van der Waals surface area contributed by atoms with E-state index in [4.69, 9.17) is 4.98 Å². The van der Waals surface area contributed by atoms with E-state index in [-0.39, 0.29) is 11.8 Å². The zero-order valence-corrected chi connectivity index (χ0v) is 14.5. The number of hydrogen-bond acceptors (Lipinski definition) is 4. The van der Waals surface area contributed by atoms with Gasteiger partial charge in [-0.1, -0.05) is 37.3 Å². The predicted octanol–water partition coefficient (Wildman–Crippen LogP) is 3.22. The minimum absolute atomic E-state index is 0.0827. The Bertz CT molecular complexity index is 660. The summed E-state index contributed by atoms with van der Waals surface area (Å²) in [4.78, 5) is 21.2. The molecule has 1 aromatic heterocycles. The van der Waals surface area contributed by atoms with Crippen molar-refractivity contribution in [2.24, 2.45) is 5.92 Å². The lowest BCUT2D eigenvalue weighted by molar-refractivity contribution is -0.134. The summed E-state index contributed by atoms with van der Waals surface area (Å²) in [5.74, 6) is 0.343. The lowest BCUT2D eigenvalue weighted by atomic mass is 10.1. The van der Waals surface area contributed by atoms with E-state index in [9.17, 15) is 4.79 Å². The second kappa shape index (κ2) is 5.88. The van der Waals surface area contributed by atoms with Crippen molar-refractivity contribution in [1.82, 2.24) is 9.88 Å². The Labute approximate surface area is 135 Å². The highest BCUT2D eigenvalue weighted by molar-refractivity contribution is 7.22. The molecule has 0 radical (unpaired) electrons. The summed E-state index contributed by atoms with van der Waals surface area (Å²) in [6.07, 6.45) is 0. The monoisotopic (exact) mass is 317 g/mol. The minimum atomic E-state index is 0.0827. The number of aryl methyl sites for hydroxylation is 2. The normalized spacial score (nSPS) is 15.9. The molecule has 1 saturated heterocycles. The Kier molecular flexibility index (Phi) is 4.08. The maximum atomic E-state index is 12.1. The fourth-order valence-corrected chi connectivity index (χ4v) is 4.03. The Morgan fingerprint density at radius 1 is 1.14 bits per heavy atom. The minimum Gasteiger partial charge on any atom is -0.345 e. The number of aromatic nitrogens is 1. The Hall–Kier alpha value is -1.62. The first-order valence-corrected chi connectivity index (χ1v) is 8.69. The van der Waals surface area contributed by atoms with E-state index in [2.05, 4.69) is 30.9 Å². The van der Waals surface area contributed by atoms with Crippen LogP contribution in [0.4, 0.5) is 5.13 Å². The highest BCUT2D eigenvalue weighted by Gasteiger charge is 2.24. The molecule has 5 heteroatoms. The van der Waals surface area contributed by atoms with E-state index in [0.717, 1.165) is 36.8 Å². The summed E-state index contributed by atoms with van der Waals surface area (Å²) in [5, 5.41) is 1.09. The smallest absolute Gasteiger partial charge is 0.225 e. The van der Waals surface area contributed by atoms with Gasteiger partial charge in [-0.15, -0.1) is 0 Å². The van der Waals surface area contributed by atoms with Crippen molar-refractivity contribution >= 4 is 32.6 Å². The van der Waals surface area contributed by atoms with Gasteiger partial charge in [0, 0.05) is 32.1 Å². The molecule has 0 unspecified atom stereocenters. The summed E-state index contributed by atoms with van der Waals surface area (Å²) in [5.41, 5.74) is 3.65. The van der Waals surface area contributed by atoms with Gasteiger partial charge in [0.2, 0.25) is 5.91 Å². The standard InChI is InChI=1S/C17H23N3OS/c1-11(2)16(21)19-7-9-20(10-8-19)17-18-14-12(3)5-6-13(4)15(14)22-17/h5-6,11H,7-10H2,1-4H3. The molecule has 2 heterocycles. The van der Waals surface area contributed by atoms with Crippen molar-refractivity contribution in [3.05, 3.63) is 23.3 Å². The molecule has 22 heavy (non-hydrogen) atoms. The second-order valence-electron chi connectivity index (χ2n) is 6.34. The van der Waals surface area contributed by atoms with Crippen molar-refractivity contribution in [3.63, 3.8) is 0 Å². The number of piperazine rings is 1. The average Bonchev–Trinajstić information content (AvgIpc) is 2.97. The van der Waals surface area contributed by atoms with Crippen LogP contribution >= 0.6 is 11.3 Å². The van der Waals surface area contributed by atoms with Crippen LogP contribution in [0.2, 0.25) is 0 Å². The number of thiazole rings is 1. The summed E-state index contributed by atoms with van der Waals surface area (Å²) >= 11 is 1.77. The lowest BCUT2D eigenvalue weighted by Crippen LogP contribution is -2.49. The molecule has 2 aromatic rings. The quantitative estimate of drug-likeness (QED) is 0.853. The molecule has 1 aromatic carbocycles. The average molecular weight is 317 g/mol. The van der Waals surface area contributed by atoms with Gasteiger partial charge in [0.1, 0.15) is 0 Å². The molecular formula is C17H23N3OS. The number of nitrogens with zero attached hydrogens (tertiary/aromatic N) is 3. The molecule has 1 amide bonds. The van der Waals surface area contributed by atoms with Gasteiger partial charge >= 0.3 is 0 Å². The molecule has 118 valence electrons. The molecule has 0 saturated carbocycles. The number of rotatable bonds is 2. The Balaban J connectivity index is 1.78. The predicted molar refractivity (Wildman–Crippen MR) is 92.7 cm³/mol. The van der Waals surface area contributed by atoms with Crippen LogP contribution in [0.25, 0.3) is 10.2 Å². The van der Waals surface area contributed by atoms with Gasteiger partial charge < -0.3 is 9.80 Å². The van der Waals surface area contributed by atoms with E-state index in [1.807, 2.05) is 18.7 Å². The third kappa shape index (κ3) is 2.70. The second-order valence-corrected chi connectivity index (χ2v) is 7.32. The van der Waals surface area contributed by atoms with Crippen molar-refractivity contribution in [3.8, 4) is 0 Å². The maximum absolute atomic E-state index is 12.1. The number of carbonyl (C=O) groups is 1. The SMILES string of the molecule is Cc1ccc(C)c2sc(N3CCN(C(=O)C(C)C)CC3)nc12. The zero-order valence-electron chi connectivity index (χ0n) is 13.7. The van der Waals surface area contributed by atoms with E-state index in [1.165, 1.54) is 15.8 Å². The molecule has 0 atom stereocenters. The van der Waals surface area contributed by atoms with Crippen molar-refractivity contribution in [2.45, 2.75) is 27.7 Å². The van der Waals surface area contributed by atoms with Crippen LogP contribution in [0.15, 0.2) is 12.1 Å². The van der Waals surface area contributed by atoms with Gasteiger partial charge in [0.05, 0.1) is 10.2 Å². The molecule has 3 rings (SSSR count). The summed E-state index contributed by atoms with van der Waals surface area (Å²) in [6, 6.07) is 4.30. The van der Waals surface area contributed by atoms with Crippen LogP contribution in [0.3, 0.4) is 0 Å². The third-order valence-electron chi connectivity index (χ3n) is 4.29. The number of fused-ring (bicyclic) bond motifs is 1. The first kappa shape index (κ1) is 15.3. The van der Waals surface area contributed by atoms with Crippen LogP contribution in [0, 0.1) is 19.8 Å². The number of hydrogen-bond donors (Lipinski definition) is 0. The maximum Gasteiger partial charge on any atom is 0.225 e. The van der Waals surface area contributed by atoms with E-state index >= 15 is 0 Å². The summed E-state index contributed by atoms with van der Waals surface area (Å²) in [6.45, 7) is 11.5. The first-order chi connectivity index (χ1) is 10.5. The van der Waals surface area contributed by atoms with Crippen LogP contribution in [0.1, 0.15) is 25.0 Å². The zero-order chi connectivity index (χ0) is 15.9. The van der Waals surface area contributed by atoms with Gasteiger partial charge in [-0.25, -0.2) is 4.98 Å². The van der Waals surface area contributed by atoms with Gasteiger partial charge in [0.15, 0.2) is 5.13 Å². The van der Waals surface area contributed by atoms with Crippen LogP contribution in [-0.2, 0) is 4.79 Å². The molecule has 1 aliphatic rings. The summed E-state index contributed by atoms with van der Waals surface area (Å²) < 4.78 is 1.29. The van der Waals surface area contributed by atoms with Crippen molar-refractivity contribution in [1.29, 1.82) is 0 Å². The molecule has 0 bridgehead atoms.